The van der Waals surface area contributed by atoms with Crippen molar-refractivity contribution in [1.29, 1.82) is 0 Å². The number of alkyl halides is 2. The lowest BCUT2D eigenvalue weighted by Gasteiger charge is -2.37. The first-order valence-electron chi connectivity index (χ1n) is 7.21. The lowest BCUT2D eigenvalue weighted by Crippen LogP contribution is -2.48. The van der Waals surface area contributed by atoms with Gasteiger partial charge in [0, 0.05) is 23.6 Å². The Hall–Kier alpha value is -0.970. The molecule has 0 N–H and O–H groups in total. The van der Waals surface area contributed by atoms with Crippen molar-refractivity contribution in [2.45, 2.75) is 52.0 Å². The second-order valence-electron chi connectivity index (χ2n) is 7.09. The van der Waals surface area contributed by atoms with Crippen LogP contribution in [0.2, 0.25) is 0 Å². The SMILES string of the molecule is Cc1cc(C(C)(C)C)n(CC2CCN(C)CC2(F)F)n1. The fourth-order valence-electron chi connectivity index (χ4n) is 2.88. The van der Waals surface area contributed by atoms with Crippen LogP contribution in [0.15, 0.2) is 6.07 Å². The lowest BCUT2D eigenvalue weighted by molar-refractivity contribution is -0.111. The van der Waals surface area contributed by atoms with Gasteiger partial charge in [0.15, 0.2) is 0 Å². The summed E-state index contributed by atoms with van der Waals surface area (Å²) in [6.07, 6.45) is 0.520. The monoisotopic (exact) mass is 285 g/mol. The van der Waals surface area contributed by atoms with E-state index in [0.29, 0.717) is 13.0 Å². The minimum atomic E-state index is -2.64. The quantitative estimate of drug-likeness (QED) is 0.832. The number of likely N-dealkylation sites (tertiary alicyclic amines) is 1. The summed E-state index contributed by atoms with van der Waals surface area (Å²) in [5, 5.41) is 4.43. The molecule has 2 heterocycles. The number of nitrogens with zero attached hydrogens (tertiary/aromatic N) is 3. The van der Waals surface area contributed by atoms with E-state index in [1.807, 2.05) is 13.0 Å². The van der Waals surface area contributed by atoms with Gasteiger partial charge >= 0.3 is 0 Å². The zero-order valence-electron chi connectivity index (χ0n) is 13.1. The molecule has 0 saturated carbocycles. The largest absolute Gasteiger partial charge is 0.301 e. The molecule has 1 aliphatic rings. The van der Waals surface area contributed by atoms with Crippen LogP contribution in [0.1, 0.15) is 38.6 Å². The van der Waals surface area contributed by atoms with Crippen LogP contribution in [0.25, 0.3) is 0 Å². The normalized spacial score (nSPS) is 24.1. The van der Waals surface area contributed by atoms with Gasteiger partial charge in [0.05, 0.1) is 12.2 Å². The summed E-state index contributed by atoms with van der Waals surface area (Å²) in [6, 6.07) is 2.01. The van der Waals surface area contributed by atoms with E-state index in [1.165, 1.54) is 0 Å². The second kappa shape index (κ2) is 5.10. The van der Waals surface area contributed by atoms with Gasteiger partial charge in [-0.05, 0) is 33.0 Å². The van der Waals surface area contributed by atoms with Crippen LogP contribution >= 0.6 is 0 Å². The molecule has 3 nitrogen and oxygen atoms in total. The highest BCUT2D eigenvalue weighted by molar-refractivity contribution is 5.17. The molecule has 1 saturated heterocycles. The third-order valence-corrected chi connectivity index (χ3v) is 4.00. The Morgan fingerprint density at radius 2 is 2.05 bits per heavy atom. The molecule has 1 unspecified atom stereocenters. The topological polar surface area (TPSA) is 21.1 Å². The van der Waals surface area contributed by atoms with Crippen LogP contribution in [-0.2, 0) is 12.0 Å². The van der Waals surface area contributed by atoms with Gasteiger partial charge in [0.2, 0.25) is 0 Å². The van der Waals surface area contributed by atoms with Gasteiger partial charge in [0.25, 0.3) is 5.92 Å². The van der Waals surface area contributed by atoms with Crippen molar-refractivity contribution in [1.82, 2.24) is 14.7 Å². The number of piperidine rings is 1. The van der Waals surface area contributed by atoms with E-state index in [2.05, 4.69) is 25.9 Å². The fraction of sp³-hybridized carbons (Fsp3) is 0.800. The van der Waals surface area contributed by atoms with Gasteiger partial charge in [0.1, 0.15) is 0 Å². The van der Waals surface area contributed by atoms with Crippen LogP contribution in [0, 0.1) is 12.8 Å². The van der Waals surface area contributed by atoms with E-state index < -0.39 is 11.8 Å². The first-order chi connectivity index (χ1) is 9.09. The van der Waals surface area contributed by atoms with Crippen molar-refractivity contribution in [3.8, 4) is 0 Å². The predicted molar refractivity (Wildman–Crippen MR) is 76.2 cm³/mol. The molecule has 114 valence electrons. The highest BCUT2D eigenvalue weighted by atomic mass is 19.3. The molecule has 0 aromatic carbocycles. The van der Waals surface area contributed by atoms with Crippen LogP contribution in [0.5, 0.6) is 0 Å². The number of rotatable bonds is 2. The summed E-state index contributed by atoms with van der Waals surface area (Å²) < 4.78 is 30.1. The van der Waals surface area contributed by atoms with Crippen LogP contribution in [0.3, 0.4) is 0 Å². The Labute approximate surface area is 120 Å². The van der Waals surface area contributed by atoms with Crippen molar-refractivity contribution in [2.75, 3.05) is 20.1 Å². The first-order valence-corrected chi connectivity index (χ1v) is 7.21. The van der Waals surface area contributed by atoms with E-state index in [0.717, 1.165) is 17.9 Å². The van der Waals surface area contributed by atoms with Gasteiger partial charge < -0.3 is 4.90 Å². The zero-order chi connectivity index (χ0) is 15.1. The number of halogens is 2. The Bertz CT molecular complexity index is 474. The lowest BCUT2D eigenvalue weighted by atomic mass is 9.90. The minimum Gasteiger partial charge on any atom is -0.301 e. The molecule has 20 heavy (non-hydrogen) atoms. The molecular weight excluding hydrogens is 260 g/mol. The molecule has 1 aliphatic heterocycles. The fourth-order valence-corrected chi connectivity index (χ4v) is 2.88. The summed E-state index contributed by atoms with van der Waals surface area (Å²) in [7, 11) is 1.75. The second-order valence-corrected chi connectivity index (χ2v) is 7.09. The molecule has 1 aromatic rings. The van der Waals surface area contributed by atoms with E-state index >= 15 is 0 Å². The Kier molecular flexibility index (Phi) is 3.93. The van der Waals surface area contributed by atoms with Gasteiger partial charge in [-0.2, -0.15) is 5.10 Å². The van der Waals surface area contributed by atoms with Crippen molar-refractivity contribution in [2.24, 2.45) is 5.92 Å². The molecule has 0 radical (unpaired) electrons. The maximum Gasteiger partial charge on any atom is 0.265 e. The summed E-state index contributed by atoms with van der Waals surface area (Å²) in [5.74, 6) is -3.26. The van der Waals surface area contributed by atoms with E-state index in [-0.39, 0.29) is 12.0 Å². The van der Waals surface area contributed by atoms with Gasteiger partial charge in [-0.1, -0.05) is 20.8 Å². The zero-order valence-corrected chi connectivity index (χ0v) is 13.1. The molecule has 0 bridgehead atoms. The molecular formula is C15H25F2N3. The molecule has 1 fully saturated rings. The average Bonchev–Trinajstić information content (AvgIpc) is 2.62. The summed E-state index contributed by atoms with van der Waals surface area (Å²) in [5.41, 5.74) is 1.85. The van der Waals surface area contributed by atoms with Gasteiger partial charge in [-0.15, -0.1) is 0 Å². The van der Waals surface area contributed by atoms with Crippen molar-refractivity contribution < 1.29 is 8.78 Å². The van der Waals surface area contributed by atoms with E-state index in [9.17, 15) is 8.78 Å². The van der Waals surface area contributed by atoms with Crippen molar-refractivity contribution in [3.63, 3.8) is 0 Å². The van der Waals surface area contributed by atoms with Gasteiger partial charge in [-0.3, -0.25) is 4.68 Å². The van der Waals surface area contributed by atoms with E-state index in [1.54, 1.807) is 16.6 Å². The minimum absolute atomic E-state index is 0.0813. The molecule has 2 rings (SSSR count). The predicted octanol–water partition coefficient (Wildman–Crippen LogP) is 3.08. The average molecular weight is 285 g/mol. The summed E-state index contributed by atoms with van der Waals surface area (Å²) in [6.45, 7) is 9.07. The number of hydrogen-bond donors (Lipinski definition) is 0. The Morgan fingerprint density at radius 3 is 2.60 bits per heavy atom. The highest BCUT2D eigenvalue weighted by Crippen LogP contribution is 2.34. The van der Waals surface area contributed by atoms with E-state index in [4.69, 9.17) is 0 Å². The third kappa shape index (κ3) is 3.19. The van der Waals surface area contributed by atoms with Crippen molar-refractivity contribution in [3.05, 3.63) is 17.5 Å². The number of aromatic nitrogens is 2. The first kappa shape index (κ1) is 15.4. The molecule has 1 aromatic heterocycles. The molecule has 0 spiro atoms. The molecule has 1 atom stereocenters. The highest BCUT2D eigenvalue weighted by Gasteiger charge is 2.44. The van der Waals surface area contributed by atoms with Crippen LogP contribution < -0.4 is 0 Å². The number of hydrogen-bond acceptors (Lipinski definition) is 2. The summed E-state index contributed by atoms with van der Waals surface area (Å²) >= 11 is 0. The molecule has 0 amide bonds. The Morgan fingerprint density at radius 1 is 1.40 bits per heavy atom. The smallest absolute Gasteiger partial charge is 0.265 e. The standard InChI is InChI=1S/C15H25F2N3/c1-11-8-13(14(2,3)4)20(18-11)9-12-6-7-19(5)10-15(12,16)17/h8,12H,6-7,9-10H2,1-5H3. The third-order valence-electron chi connectivity index (χ3n) is 4.00. The molecule has 0 aliphatic carbocycles. The maximum absolute atomic E-state index is 14.2. The number of aryl methyl sites for hydroxylation is 1. The van der Waals surface area contributed by atoms with Gasteiger partial charge in [-0.25, -0.2) is 8.78 Å². The van der Waals surface area contributed by atoms with Crippen LogP contribution in [-0.4, -0.2) is 40.7 Å². The maximum atomic E-state index is 14.2. The summed E-state index contributed by atoms with van der Waals surface area (Å²) in [4.78, 5) is 1.70. The van der Waals surface area contributed by atoms with Crippen LogP contribution in [0.4, 0.5) is 8.78 Å². The Balaban J connectivity index is 2.22. The van der Waals surface area contributed by atoms with Crippen molar-refractivity contribution >= 4 is 0 Å². The molecule has 5 heteroatoms.